The van der Waals surface area contributed by atoms with Gasteiger partial charge in [-0.1, -0.05) is 31.2 Å². The fourth-order valence-corrected chi connectivity index (χ4v) is 5.37. The maximum Gasteiger partial charge on any atom is 0.251 e. The summed E-state index contributed by atoms with van der Waals surface area (Å²) in [6, 6.07) is 16.4. The fraction of sp³-hybridized carbons (Fsp3) is 0.433. The van der Waals surface area contributed by atoms with Crippen molar-refractivity contribution in [2.45, 2.75) is 52.1 Å². The minimum absolute atomic E-state index is 0.00984. The predicted octanol–water partition coefficient (Wildman–Crippen LogP) is 5.08. The van der Waals surface area contributed by atoms with Gasteiger partial charge in [-0.2, -0.15) is 0 Å². The second-order valence-corrected chi connectivity index (χ2v) is 10.4. The lowest BCUT2D eigenvalue weighted by Gasteiger charge is -2.33. The van der Waals surface area contributed by atoms with E-state index in [4.69, 9.17) is 4.98 Å². The van der Waals surface area contributed by atoms with Crippen LogP contribution in [0, 0.1) is 12.8 Å². The number of aromatic nitrogens is 2. The second kappa shape index (κ2) is 11.2. The normalized spacial score (nSPS) is 17.8. The number of pyridine rings is 2. The molecule has 0 spiro atoms. The van der Waals surface area contributed by atoms with Crippen molar-refractivity contribution < 1.29 is 4.79 Å². The van der Waals surface area contributed by atoms with Crippen LogP contribution in [0.2, 0.25) is 0 Å². The molecule has 2 aliphatic rings. The molecule has 6 nitrogen and oxygen atoms in total. The summed E-state index contributed by atoms with van der Waals surface area (Å²) in [6.45, 7) is 9.43. The van der Waals surface area contributed by atoms with Crippen LogP contribution >= 0.6 is 0 Å². The van der Waals surface area contributed by atoms with Crippen LogP contribution in [0.5, 0.6) is 0 Å². The molecular formula is C30H37N5O. The Kier molecular flexibility index (Phi) is 7.61. The van der Waals surface area contributed by atoms with Crippen LogP contribution in [0.1, 0.15) is 54.1 Å². The molecule has 0 aliphatic carbocycles. The molecule has 2 aliphatic heterocycles. The molecule has 0 unspecified atom stereocenters. The molecule has 0 atom stereocenters. The van der Waals surface area contributed by atoms with Crippen LogP contribution in [0.3, 0.4) is 0 Å². The summed E-state index contributed by atoms with van der Waals surface area (Å²) < 4.78 is 0. The van der Waals surface area contributed by atoms with Gasteiger partial charge in [-0.25, -0.2) is 4.98 Å². The van der Waals surface area contributed by atoms with E-state index >= 15 is 0 Å². The summed E-state index contributed by atoms with van der Waals surface area (Å²) in [6.07, 6.45) is 8.26. The van der Waals surface area contributed by atoms with Crippen LogP contribution in [0.15, 0.2) is 60.9 Å². The Bertz CT molecular complexity index is 1150. The van der Waals surface area contributed by atoms with Crippen molar-refractivity contribution in [1.29, 1.82) is 0 Å². The van der Waals surface area contributed by atoms with Gasteiger partial charge in [0.25, 0.3) is 5.91 Å². The number of hydrogen-bond donors (Lipinski definition) is 1. The predicted molar refractivity (Wildman–Crippen MR) is 145 cm³/mol. The summed E-state index contributed by atoms with van der Waals surface area (Å²) in [7, 11) is 0. The maximum atomic E-state index is 13.1. The molecular weight excluding hydrogens is 446 g/mol. The third-order valence-corrected chi connectivity index (χ3v) is 7.76. The topological polar surface area (TPSA) is 61.4 Å². The third-order valence-electron chi connectivity index (χ3n) is 7.76. The zero-order valence-corrected chi connectivity index (χ0v) is 21.5. The number of likely N-dealkylation sites (tertiary alicyclic amines) is 1. The standard InChI is InChI=1S/C30H37N5O/c1-22-11-18-35(19-12-22)29-10-9-24(20-32-29)21-34-16-13-25(14-17-34)33-30(36)27-7-5-6-26(23(27)2)28-8-3-4-15-31-28/h3-10,15,20,22,25H,11-14,16-19,21H2,1-2H3,(H,33,36). The summed E-state index contributed by atoms with van der Waals surface area (Å²) in [4.78, 5) is 27.2. The Labute approximate surface area is 214 Å². The Morgan fingerprint density at radius 3 is 2.44 bits per heavy atom. The van der Waals surface area contributed by atoms with Crippen molar-refractivity contribution in [2.75, 3.05) is 31.1 Å². The molecule has 2 saturated heterocycles. The van der Waals surface area contributed by atoms with Gasteiger partial charge in [0.15, 0.2) is 0 Å². The molecule has 3 aromatic rings. The number of carbonyl (C=O) groups excluding carboxylic acids is 1. The summed E-state index contributed by atoms with van der Waals surface area (Å²) >= 11 is 0. The van der Waals surface area contributed by atoms with E-state index in [0.717, 1.165) is 79.7 Å². The number of nitrogens with zero attached hydrogens (tertiary/aromatic N) is 4. The molecule has 6 heteroatoms. The van der Waals surface area contributed by atoms with Gasteiger partial charge >= 0.3 is 0 Å². The molecule has 1 aromatic carbocycles. The number of rotatable bonds is 6. The first-order chi connectivity index (χ1) is 17.6. The molecule has 2 aromatic heterocycles. The minimum atomic E-state index is 0.00984. The third kappa shape index (κ3) is 5.76. The molecule has 36 heavy (non-hydrogen) atoms. The number of hydrogen-bond acceptors (Lipinski definition) is 5. The van der Waals surface area contributed by atoms with E-state index in [9.17, 15) is 4.79 Å². The van der Waals surface area contributed by atoms with E-state index in [2.05, 4.69) is 39.2 Å². The first-order valence-electron chi connectivity index (χ1n) is 13.3. The lowest BCUT2D eigenvalue weighted by atomic mass is 9.98. The van der Waals surface area contributed by atoms with Crippen molar-refractivity contribution >= 4 is 11.7 Å². The molecule has 0 radical (unpaired) electrons. The highest BCUT2D eigenvalue weighted by Gasteiger charge is 2.23. The Morgan fingerprint density at radius 1 is 0.944 bits per heavy atom. The number of anilines is 1. The van der Waals surface area contributed by atoms with Gasteiger partial charge in [0.2, 0.25) is 0 Å². The molecule has 1 N–H and O–H groups in total. The van der Waals surface area contributed by atoms with E-state index in [1.54, 1.807) is 6.20 Å². The highest BCUT2D eigenvalue weighted by molar-refractivity contribution is 5.97. The first-order valence-corrected chi connectivity index (χ1v) is 13.3. The average molecular weight is 484 g/mol. The van der Waals surface area contributed by atoms with Crippen molar-refractivity contribution in [3.8, 4) is 11.3 Å². The van der Waals surface area contributed by atoms with Gasteiger partial charge in [-0.05, 0) is 73.9 Å². The number of benzene rings is 1. The molecule has 0 bridgehead atoms. The van der Waals surface area contributed by atoms with Crippen LogP contribution in [-0.4, -0.2) is 53.0 Å². The number of piperidine rings is 2. The lowest BCUT2D eigenvalue weighted by Crippen LogP contribution is -2.44. The van der Waals surface area contributed by atoms with Crippen molar-refractivity contribution in [3.05, 3.63) is 77.6 Å². The first kappa shape index (κ1) is 24.4. The van der Waals surface area contributed by atoms with Crippen LogP contribution in [-0.2, 0) is 6.54 Å². The van der Waals surface area contributed by atoms with Crippen molar-refractivity contribution in [2.24, 2.45) is 5.92 Å². The van der Waals surface area contributed by atoms with Crippen molar-refractivity contribution in [3.63, 3.8) is 0 Å². The zero-order chi connectivity index (χ0) is 24.9. The summed E-state index contributed by atoms with van der Waals surface area (Å²) in [5.41, 5.74) is 4.86. The second-order valence-electron chi connectivity index (χ2n) is 10.4. The maximum absolute atomic E-state index is 13.1. The van der Waals surface area contributed by atoms with Gasteiger partial charge in [0, 0.05) is 62.3 Å². The highest BCUT2D eigenvalue weighted by atomic mass is 16.1. The number of nitrogens with one attached hydrogen (secondary N) is 1. The molecule has 188 valence electrons. The van der Waals surface area contributed by atoms with Crippen LogP contribution in [0.4, 0.5) is 5.82 Å². The Morgan fingerprint density at radius 2 is 1.75 bits per heavy atom. The highest BCUT2D eigenvalue weighted by Crippen LogP contribution is 2.25. The number of amides is 1. The van der Waals surface area contributed by atoms with E-state index in [1.165, 1.54) is 18.4 Å². The monoisotopic (exact) mass is 483 g/mol. The molecule has 4 heterocycles. The minimum Gasteiger partial charge on any atom is -0.357 e. The van der Waals surface area contributed by atoms with Gasteiger partial charge in [-0.3, -0.25) is 14.7 Å². The van der Waals surface area contributed by atoms with Crippen molar-refractivity contribution in [1.82, 2.24) is 20.2 Å². The Hall–Kier alpha value is -3.25. The van der Waals surface area contributed by atoms with E-state index in [0.29, 0.717) is 0 Å². The fourth-order valence-electron chi connectivity index (χ4n) is 5.37. The lowest BCUT2D eigenvalue weighted by molar-refractivity contribution is 0.0908. The quantitative estimate of drug-likeness (QED) is 0.530. The van der Waals surface area contributed by atoms with E-state index in [-0.39, 0.29) is 11.9 Å². The SMILES string of the molecule is Cc1c(C(=O)NC2CCN(Cc3ccc(N4CCC(C)CC4)nc3)CC2)cccc1-c1ccccn1. The molecule has 2 fully saturated rings. The molecule has 1 amide bonds. The zero-order valence-electron chi connectivity index (χ0n) is 21.5. The van der Waals surface area contributed by atoms with E-state index in [1.807, 2.05) is 49.5 Å². The van der Waals surface area contributed by atoms with Crippen LogP contribution < -0.4 is 10.2 Å². The Balaban J connectivity index is 1.12. The molecule has 5 rings (SSSR count). The van der Waals surface area contributed by atoms with E-state index < -0.39 is 0 Å². The van der Waals surface area contributed by atoms with Crippen LogP contribution in [0.25, 0.3) is 11.3 Å². The summed E-state index contributed by atoms with van der Waals surface area (Å²) in [5.74, 6) is 1.94. The average Bonchev–Trinajstić information content (AvgIpc) is 2.91. The van der Waals surface area contributed by atoms with Gasteiger partial charge in [0.1, 0.15) is 5.82 Å². The van der Waals surface area contributed by atoms with Gasteiger partial charge in [-0.15, -0.1) is 0 Å². The van der Waals surface area contributed by atoms with Gasteiger partial charge < -0.3 is 10.2 Å². The summed E-state index contributed by atoms with van der Waals surface area (Å²) in [5, 5.41) is 3.28. The number of carbonyl (C=O) groups is 1. The van der Waals surface area contributed by atoms with Gasteiger partial charge in [0.05, 0.1) is 5.69 Å². The largest absolute Gasteiger partial charge is 0.357 e. The smallest absolute Gasteiger partial charge is 0.251 e. The molecule has 0 saturated carbocycles.